The molecule has 5 nitrogen and oxygen atoms in total. The summed E-state index contributed by atoms with van der Waals surface area (Å²) < 4.78 is 5.17. The highest BCUT2D eigenvalue weighted by atomic mass is 16.5. The summed E-state index contributed by atoms with van der Waals surface area (Å²) in [6.07, 6.45) is 3.88. The lowest BCUT2D eigenvalue weighted by atomic mass is 10.1. The summed E-state index contributed by atoms with van der Waals surface area (Å²) in [5, 5.41) is 13.0. The Morgan fingerprint density at radius 3 is 2.74 bits per heavy atom. The van der Waals surface area contributed by atoms with Crippen LogP contribution in [0.3, 0.4) is 0 Å². The summed E-state index contributed by atoms with van der Waals surface area (Å²) in [6, 6.07) is 8.26. The first kappa shape index (κ1) is 17.6. The van der Waals surface area contributed by atoms with E-state index in [1.807, 2.05) is 12.1 Å². The minimum Gasteiger partial charge on any atom is -0.497 e. The summed E-state index contributed by atoms with van der Waals surface area (Å²) in [5.74, 6) is 1.84. The number of benzene rings is 1. The molecule has 0 radical (unpaired) electrons. The molecule has 1 aromatic rings. The molecule has 0 bridgehead atoms. The SMILES string of the molecule is CCNC(=NCCCCc1ccc(OC)cc1)N1CC[C@@H](O)C1. The van der Waals surface area contributed by atoms with Crippen LogP contribution in [0.1, 0.15) is 31.7 Å². The van der Waals surface area contributed by atoms with Gasteiger partial charge >= 0.3 is 0 Å². The molecule has 0 unspecified atom stereocenters. The highest BCUT2D eigenvalue weighted by Crippen LogP contribution is 2.13. The standard InChI is InChI=1S/C18H29N3O2/c1-3-19-18(21-13-11-16(22)14-21)20-12-5-4-6-15-7-9-17(23-2)10-8-15/h7-10,16,22H,3-6,11-14H2,1-2H3,(H,19,20)/t16-/m1/s1. The first-order chi connectivity index (χ1) is 11.2. The van der Waals surface area contributed by atoms with Gasteiger partial charge in [-0.05, 0) is 50.3 Å². The zero-order chi connectivity index (χ0) is 16.5. The van der Waals surface area contributed by atoms with E-state index in [1.54, 1.807) is 7.11 Å². The predicted molar refractivity (Wildman–Crippen MR) is 94.1 cm³/mol. The average Bonchev–Trinajstić information content (AvgIpc) is 3.00. The number of methoxy groups -OCH3 is 1. The lowest BCUT2D eigenvalue weighted by molar-refractivity contribution is 0.188. The molecular formula is C18H29N3O2. The van der Waals surface area contributed by atoms with E-state index < -0.39 is 0 Å². The summed E-state index contributed by atoms with van der Waals surface area (Å²) in [5.41, 5.74) is 1.34. The van der Waals surface area contributed by atoms with E-state index in [4.69, 9.17) is 4.74 Å². The monoisotopic (exact) mass is 319 g/mol. The fraction of sp³-hybridized carbons (Fsp3) is 0.611. The van der Waals surface area contributed by atoms with Crippen molar-refractivity contribution in [1.82, 2.24) is 10.2 Å². The van der Waals surface area contributed by atoms with Crippen molar-refractivity contribution >= 4 is 5.96 Å². The summed E-state index contributed by atoms with van der Waals surface area (Å²) in [4.78, 5) is 6.84. The third-order valence-corrected chi connectivity index (χ3v) is 4.09. The van der Waals surface area contributed by atoms with Gasteiger partial charge in [-0.25, -0.2) is 0 Å². The topological polar surface area (TPSA) is 57.1 Å². The van der Waals surface area contributed by atoms with Crippen LogP contribution in [0.2, 0.25) is 0 Å². The lowest BCUT2D eigenvalue weighted by Crippen LogP contribution is -2.40. The van der Waals surface area contributed by atoms with Crippen molar-refractivity contribution in [3.63, 3.8) is 0 Å². The van der Waals surface area contributed by atoms with Gasteiger partial charge < -0.3 is 20.1 Å². The first-order valence-electron chi connectivity index (χ1n) is 8.57. The van der Waals surface area contributed by atoms with Crippen LogP contribution in [0.15, 0.2) is 29.3 Å². The molecule has 2 rings (SSSR count). The number of aliphatic imine (C=N–C) groups is 1. The number of likely N-dealkylation sites (tertiary alicyclic amines) is 1. The quantitative estimate of drug-likeness (QED) is 0.459. The van der Waals surface area contributed by atoms with E-state index in [0.717, 1.165) is 57.0 Å². The van der Waals surface area contributed by atoms with Crippen LogP contribution < -0.4 is 10.1 Å². The largest absolute Gasteiger partial charge is 0.497 e. The highest BCUT2D eigenvalue weighted by Gasteiger charge is 2.22. The number of unbranched alkanes of at least 4 members (excludes halogenated alkanes) is 1. The Bertz CT molecular complexity index is 488. The second-order valence-corrected chi connectivity index (χ2v) is 5.93. The number of aryl methyl sites for hydroxylation is 1. The maximum absolute atomic E-state index is 9.66. The predicted octanol–water partition coefficient (Wildman–Crippen LogP) is 2.05. The molecule has 1 saturated heterocycles. The number of hydrogen-bond acceptors (Lipinski definition) is 3. The van der Waals surface area contributed by atoms with Crippen LogP contribution in [-0.2, 0) is 6.42 Å². The number of aliphatic hydroxyl groups is 1. The fourth-order valence-electron chi connectivity index (χ4n) is 2.78. The summed E-state index contributed by atoms with van der Waals surface area (Å²) >= 11 is 0. The van der Waals surface area contributed by atoms with Crippen molar-refractivity contribution in [3.8, 4) is 5.75 Å². The van der Waals surface area contributed by atoms with Crippen molar-refractivity contribution in [1.29, 1.82) is 0 Å². The van der Waals surface area contributed by atoms with E-state index >= 15 is 0 Å². The van der Waals surface area contributed by atoms with Gasteiger partial charge in [0.05, 0.1) is 13.2 Å². The Balaban J connectivity index is 1.72. The molecule has 1 aliphatic rings. The van der Waals surface area contributed by atoms with Gasteiger partial charge in [0.25, 0.3) is 0 Å². The minimum atomic E-state index is -0.214. The Hall–Kier alpha value is -1.75. The number of nitrogens with one attached hydrogen (secondary N) is 1. The first-order valence-corrected chi connectivity index (χ1v) is 8.57. The van der Waals surface area contributed by atoms with Gasteiger partial charge in [0.15, 0.2) is 5.96 Å². The van der Waals surface area contributed by atoms with Gasteiger partial charge in [-0.15, -0.1) is 0 Å². The van der Waals surface area contributed by atoms with Crippen molar-refractivity contribution in [2.45, 2.75) is 38.7 Å². The Kier molecular flexibility index (Phi) is 7.20. The third kappa shape index (κ3) is 5.75. The minimum absolute atomic E-state index is 0.214. The number of guanidine groups is 1. The zero-order valence-electron chi connectivity index (χ0n) is 14.3. The van der Waals surface area contributed by atoms with Gasteiger partial charge in [0, 0.05) is 26.2 Å². The van der Waals surface area contributed by atoms with Crippen LogP contribution in [-0.4, -0.2) is 55.4 Å². The maximum atomic E-state index is 9.66. The molecule has 1 fully saturated rings. The molecule has 128 valence electrons. The molecular weight excluding hydrogens is 290 g/mol. The molecule has 1 heterocycles. The normalized spacial score (nSPS) is 18.3. The number of nitrogens with zero attached hydrogens (tertiary/aromatic N) is 2. The molecule has 1 atom stereocenters. The number of ether oxygens (including phenoxy) is 1. The Labute approximate surface area is 139 Å². The van der Waals surface area contributed by atoms with Crippen LogP contribution >= 0.6 is 0 Å². The van der Waals surface area contributed by atoms with Gasteiger partial charge in [0.1, 0.15) is 5.75 Å². The number of β-amino-alcohol motifs (C(OH)–C–C–N with tert-alkyl or cyclic N) is 1. The molecule has 1 aliphatic heterocycles. The Morgan fingerprint density at radius 2 is 2.13 bits per heavy atom. The molecule has 1 aromatic carbocycles. The van der Waals surface area contributed by atoms with Crippen LogP contribution in [0.25, 0.3) is 0 Å². The molecule has 0 amide bonds. The second kappa shape index (κ2) is 9.40. The third-order valence-electron chi connectivity index (χ3n) is 4.09. The van der Waals surface area contributed by atoms with E-state index in [9.17, 15) is 5.11 Å². The number of hydrogen-bond donors (Lipinski definition) is 2. The highest BCUT2D eigenvalue weighted by molar-refractivity contribution is 5.80. The molecule has 5 heteroatoms. The molecule has 0 aromatic heterocycles. The second-order valence-electron chi connectivity index (χ2n) is 5.93. The van der Waals surface area contributed by atoms with Gasteiger partial charge in [-0.1, -0.05) is 12.1 Å². The smallest absolute Gasteiger partial charge is 0.194 e. The van der Waals surface area contributed by atoms with Crippen molar-refractivity contribution in [2.24, 2.45) is 4.99 Å². The Morgan fingerprint density at radius 1 is 1.35 bits per heavy atom. The zero-order valence-corrected chi connectivity index (χ0v) is 14.3. The molecule has 0 spiro atoms. The van der Waals surface area contributed by atoms with Gasteiger partial charge in [-0.2, -0.15) is 0 Å². The molecule has 0 saturated carbocycles. The lowest BCUT2D eigenvalue weighted by Gasteiger charge is -2.20. The van der Waals surface area contributed by atoms with Gasteiger partial charge in [-0.3, -0.25) is 4.99 Å². The van der Waals surface area contributed by atoms with Crippen molar-refractivity contribution in [3.05, 3.63) is 29.8 Å². The van der Waals surface area contributed by atoms with Crippen LogP contribution in [0, 0.1) is 0 Å². The van der Waals surface area contributed by atoms with E-state index in [0.29, 0.717) is 6.54 Å². The van der Waals surface area contributed by atoms with E-state index in [1.165, 1.54) is 5.56 Å². The number of aliphatic hydroxyl groups excluding tert-OH is 1. The van der Waals surface area contributed by atoms with Crippen LogP contribution in [0.5, 0.6) is 5.75 Å². The average molecular weight is 319 g/mol. The van der Waals surface area contributed by atoms with E-state index in [2.05, 4.69) is 34.3 Å². The maximum Gasteiger partial charge on any atom is 0.194 e. The van der Waals surface area contributed by atoms with Gasteiger partial charge in [0.2, 0.25) is 0 Å². The fourth-order valence-corrected chi connectivity index (χ4v) is 2.78. The molecule has 23 heavy (non-hydrogen) atoms. The van der Waals surface area contributed by atoms with Crippen molar-refractivity contribution < 1.29 is 9.84 Å². The molecule has 0 aliphatic carbocycles. The molecule has 2 N–H and O–H groups in total. The van der Waals surface area contributed by atoms with Crippen LogP contribution in [0.4, 0.5) is 0 Å². The number of rotatable bonds is 7. The summed E-state index contributed by atoms with van der Waals surface area (Å²) in [6.45, 7) is 5.34. The summed E-state index contributed by atoms with van der Waals surface area (Å²) in [7, 11) is 1.69. The van der Waals surface area contributed by atoms with Crippen molar-refractivity contribution in [2.75, 3.05) is 33.3 Å². The van der Waals surface area contributed by atoms with E-state index in [-0.39, 0.29) is 6.10 Å².